The van der Waals surface area contributed by atoms with Gasteiger partial charge in [-0.3, -0.25) is 0 Å². The van der Waals surface area contributed by atoms with Crippen LogP contribution in [0.1, 0.15) is 38.5 Å². The van der Waals surface area contributed by atoms with Crippen LogP contribution in [-0.2, 0) is 14.8 Å². The van der Waals surface area contributed by atoms with E-state index in [1.54, 1.807) is 0 Å². The molecule has 0 bridgehead atoms. The molecule has 1 aliphatic carbocycles. The van der Waals surface area contributed by atoms with E-state index in [1.807, 2.05) is 0 Å². The summed E-state index contributed by atoms with van der Waals surface area (Å²) in [4.78, 5) is 0. The van der Waals surface area contributed by atoms with Gasteiger partial charge in [-0.1, -0.05) is 12.8 Å². The average Bonchev–Trinajstić information content (AvgIpc) is 2.92. The molecule has 2 aliphatic rings. The van der Waals surface area contributed by atoms with Crippen LogP contribution in [0, 0.1) is 5.41 Å². The highest BCUT2D eigenvalue weighted by Crippen LogP contribution is 2.30. The lowest BCUT2D eigenvalue weighted by atomic mass is 9.81. The summed E-state index contributed by atoms with van der Waals surface area (Å²) in [6.45, 7) is 1.56. The van der Waals surface area contributed by atoms with E-state index in [9.17, 15) is 13.5 Å². The maximum absolute atomic E-state index is 12.1. The van der Waals surface area contributed by atoms with Gasteiger partial charge in [0.2, 0.25) is 10.0 Å². The van der Waals surface area contributed by atoms with Crippen LogP contribution in [0.15, 0.2) is 0 Å². The first-order valence-corrected chi connectivity index (χ1v) is 8.30. The van der Waals surface area contributed by atoms with Crippen LogP contribution < -0.4 is 4.72 Å². The van der Waals surface area contributed by atoms with Crippen molar-refractivity contribution in [2.75, 3.05) is 26.4 Å². The Morgan fingerprint density at radius 3 is 2.39 bits per heavy atom. The number of aliphatic hydroxyl groups excluding tert-OH is 1. The first-order chi connectivity index (χ1) is 8.58. The molecule has 0 unspecified atom stereocenters. The minimum Gasteiger partial charge on any atom is -0.396 e. The van der Waals surface area contributed by atoms with Crippen LogP contribution in [0.5, 0.6) is 0 Å². The fourth-order valence-electron chi connectivity index (χ4n) is 2.77. The first-order valence-electron chi connectivity index (χ1n) is 6.75. The zero-order chi connectivity index (χ0) is 13.1. The van der Waals surface area contributed by atoms with E-state index >= 15 is 0 Å². The molecule has 0 aromatic carbocycles. The summed E-state index contributed by atoms with van der Waals surface area (Å²) in [5.74, 6) is 0. The van der Waals surface area contributed by atoms with Crippen LogP contribution in [0.25, 0.3) is 0 Å². The van der Waals surface area contributed by atoms with Gasteiger partial charge in [0.25, 0.3) is 0 Å². The highest BCUT2D eigenvalue weighted by Gasteiger charge is 2.35. The summed E-state index contributed by atoms with van der Waals surface area (Å²) in [7, 11) is -3.21. The van der Waals surface area contributed by atoms with Crippen molar-refractivity contribution in [3.05, 3.63) is 0 Å². The molecule has 0 aromatic rings. The van der Waals surface area contributed by atoms with E-state index in [2.05, 4.69) is 4.72 Å². The van der Waals surface area contributed by atoms with Crippen LogP contribution in [-0.4, -0.2) is 45.1 Å². The van der Waals surface area contributed by atoms with Crippen molar-refractivity contribution in [1.82, 2.24) is 4.72 Å². The highest BCUT2D eigenvalue weighted by atomic mass is 32.2. The lowest BCUT2D eigenvalue weighted by molar-refractivity contribution is -0.0127. The molecular weight excluding hydrogens is 254 g/mol. The van der Waals surface area contributed by atoms with Crippen molar-refractivity contribution in [3.8, 4) is 0 Å². The third-order valence-electron chi connectivity index (χ3n) is 4.28. The van der Waals surface area contributed by atoms with Crippen LogP contribution in [0.2, 0.25) is 0 Å². The van der Waals surface area contributed by atoms with Crippen molar-refractivity contribution < 1.29 is 18.3 Å². The summed E-state index contributed by atoms with van der Waals surface area (Å²) in [6.07, 6.45) is 4.98. The van der Waals surface area contributed by atoms with Crippen molar-refractivity contribution in [2.24, 2.45) is 5.41 Å². The fraction of sp³-hybridized carbons (Fsp3) is 1.00. The van der Waals surface area contributed by atoms with E-state index < -0.39 is 10.0 Å². The number of rotatable bonds is 5. The van der Waals surface area contributed by atoms with Crippen molar-refractivity contribution in [1.29, 1.82) is 0 Å². The lowest BCUT2D eigenvalue weighted by Crippen LogP contribution is -2.45. The monoisotopic (exact) mass is 277 g/mol. The highest BCUT2D eigenvalue weighted by molar-refractivity contribution is 7.90. The van der Waals surface area contributed by atoms with Gasteiger partial charge in [0.15, 0.2) is 0 Å². The van der Waals surface area contributed by atoms with E-state index in [1.165, 1.54) is 0 Å². The number of hydrogen-bond acceptors (Lipinski definition) is 4. The Labute approximate surface area is 109 Å². The standard InChI is InChI=1S/C12H23NO4S/c14-10-12(5-7-17-8-6-12)9-13-18(15,16)11-3-1-2-4-11/h11,13-14H,1-10H2. The Balaban J connectivity index is 1.92. The summed E-state index contributed by atoms with van der Waals surface area (Å²) >= 11 is 0. The van der Waals surface area contributed by atoms with Gasteiger partial charge in [-0.25, -0.2) is 13.1 Å². The Morgan fingerprint density at radius 2 is 1.83 bits per heavy atom. The summed E-state index contributed by atoms with van der Waals surface area (Å²) < 4.78 is 32.2. The van der Waals surface area contributed by atoms with Gasteiger partial charge in [-0.15, -0.1) is 0 Å². The predicted octanol–water partition coefficient (Wildman–Crippen LogP) is 0.637. The maximum Gasteiger partial charge on any atom is 0.214 e. The number of aliphatic hydroxyl groups is 1. The lowest BCUT2D eigenvalue weighted by Gasteiger charge is -2.35. The number of hydrogen-bond donors (Lipinski definition) is 2. The molecule has 18 heavy (non-hydrogen) atoms. The molecule has 0 amide bonds. The van der Waals surface area contributed by atoms with Crippen molar-refractivity contribution >= 4 is 10.0 Å². The molecule has 2 fully saturated rings. The Bertz CT molecular complexity index is 356. The average molecular weight is 277 g/mol. The van der Waals surface area contributed by atoms with Gasteiger partial charge in [0, 0.05) is 25.2 Å². The third-order valence-corrected chi connectivity index (χ3v) is 6.17. The van der Waals surface area contributed by atoms with Gasteiger partial charge in [-0.2, -0.15) is 0 Å². The molecular formula is C12H23NO4S. The molecule has 6 heteroatoms. The second-order valence-corrected chi connectivity index (χ2v) is 7.59. The molecule has 5 nitrogen and oxygen atoms in total. The van der Waals surface area contributed by atoms with E-state index in [0.29, 0.717) is 19.8 Å². The van der Waals surface area contributed by atoms with Crippen molar-refractivity contribution in [3.63, 3.8) is 0 Å². The molecule has 0 spiro atoms. The molecule has 0 aromatic heterocycles. The van der Waals surface area contributed by atoms with Crippen molar-refractivity contribution in [2.45, 2.75) is 43.8 Å². The normalized spacial score (nSPS) is 25.4. The molecule has 1 aliphatic heterocycles. The molecule has 1 saturated carbocycles. The topological polar surface area (TPSA) is 75.6 Å². The minimum atomic E-state index is -3.21. The SMILES string of the molecule is O=S(=O)(NCC1(CO)CCOCC1)C1CCCC1. The molecule has 0 radical (unpaired) electrons. The molecule has 1 heterocycles. The quantitative estimate of drug-likeness (QED) is 0.773. The van der Waals surface area contributed by atoms with Gasteiger partial charge in [0.05, 0.1) is 11.9 Å². The Hall–Kier alpha value is -0.170. The molecule has 106 valence electrons. The number of nitrogens with one attached hydrogen (secondary N) is 1. The van der Waals surface area contributed by atoms with E-state index in [0.717, 1.165) is 38.5 Å². The zero-order valence-electron chi connectivity index (χ0n) is 10.7. The molecule has 1 saturated heterocycles. The molecule has 2 rings (SSSR count). The minimum absolute atomic E-state index is 0.0174. The van der Waals surface area contributed by atoms with E-state index in [-0.39, 0.29) is 17.3 Å². The number of sulfonamides is 1. The van der Waals surface area contributed by atoms with Crippen LogP contribution in [0.3, 0.4) is 0 Å². The maximum atomic E-state index is 12.1. The van der Waals surface area contributed by atoms with E-state index in [4.69, 9.17) is 4.74 Å². The summed E-state index contributed by atoms with van der Waals surface area (Å²) in [5.41, 5.74) is -0.329. The van der Waals surface area contributed by atoms with Crippen LogP contribution >= 0.6 is 0 Å². The second kappa shape index (κ2) is 5.86. The fourth-order valence-corrected chi connectivity index (χ4v) is 4.46. The van der Waals surface area contributed by atoms with Crippen LogP contribution in [0.4, 0.5) is 0 Å². The smallest absolute Gasteiger partial charge is 0.214 e. The predicted molar refractivity (Wildman–Crippen MR) is 68.8 cm³/mol. The third kappa shape index (κ3) is 3.23. The van der Waals surface area contributed by atoms with Gasteiger partial charge < -0.3 is 9.84 Å². The summed E-state index contributed by atoms with van der Waals surface area (Å²) in [6, 6.07) is 0. The number of ether oxygens (including phenoxy) is 1. The first kappa shape index (κ1) is 14.2. The van der Waals surface area contributed by atoms with Gasteiger partial charge in [0.1, 0.15) is 0 Å². The second-order valence-electron chi connectivity index (χ2n) is 5.54. The Kier molecular flexibility index (Phi) is 4.64. The Morgan fingerprint density at radius 1 is 1.22 bits per heavy atom. The zero-order valence-corrected chi connectivity index (χ0v) is 11.5. The largest absolute Gasteiger partial charge is 0.396 e. The molecule has 2 N–H and O–H groups in total. The molecule has 0 atom stereocenters. The summed E-state index contributed by atoms with van der Waals surface area (Å²) in [5, 5.41) is 9.28. The van der Waals surface area contributed by atoms with Gasteiger partial charge >= 0.3 is 0 Å². The van der Waals surface area contributed by atoms with Gasteiger partial charge in [-0.05, 0) is 25.7 Å².